The maximum Gasteiger partial charge on any atom is 0.257 e. The summed E-state index contributed by atoms with van der Waals surface area (Å²) in [6, 6.07) is 1.24. The Morgan fingerprint density at radius 2 is 2.12 bits per heavy atom. The number of hydrogen-bond donors (Lipinski definition) is 3. The zero-order chi connectivity index (χ0) is 22.9. The summed E-state index contributed by atoms with van der Waals surface area (Å²) in [7, 11) is 1.72. The molecule has 2 fully saturated rings. The van der Waals surface area contributed by atoms with Gasteiger partial charge in [-0.25, -0.2) is 19.2 Å². The molecule has 0 aromatic carbocycles. The topological polar surface area (TPSA) is 116 Å². The van der Waals surface area contributed by atoms with Gasteiger partial charge in [-0.1, -0.05) is 0 Å². The van der Waals surface area contributed by atoms with E-state index < -0.39 is 18.1 Å². The van der Waals surface area contributed by atoms with Crippen molar-refractivity contribution in [1.82, 2.24) is 29.9 Å². The Labute approximate surface area is 188 Å². The molecule has 5 rings (SSSR count). The highest BCUT2D eigenvalue weighted by atomic mass is 19.1. The molecule has 172 valence electrons. The van der Waals surface area contributed by atoms with Crippen molar-refractivity contribution in [2.45, 2.75) is 18.6 Å². The van der Waals surface area contributed by atoms with E-state index in [2.05, 4.69) is 26.0 Å². The van der Waals surface area contributed by atoms with Crippen LogP contribution in [-0.2, 0) is 9.53 Å². The van der Waals surface area contributed by atoms with Crippen molar-refractivity contribution >= 4 is 29.1 Å². The maximum absolute atomic E-state index is 13.2. The highest BCUT2D eigenvalue weighted by Gasteiger charge is 2.39. The summed E-state index contributed by atoms with van der Waals surface area (Å²) in [5.74, 6) is 2.55. The predicted octanol–water partition coefficient (Wildman–Crippen LogP) is 0.699. The van der Waals surface area contributed by atoms with Crippen LogP contribution in [0.25, 0.3) is 5.65 Å². The van der Waals surface area contributed by atoms with Crippen LogP contribution in [0, 0.1) is 0 Å². The largest absolute Gasteiger partial charge is 0.379 e. The number of fused-ring (bicyclic) bond motifs is 1. The highest BCUT2D eigenvalue weighted by molar-refractivity contribution is 6.00. The molecule has 1 aliphatic carbocycles. The monoisotopic (exact) mass is 454 g/mol. The van der Waals surface area contributed by atoms with Gasteiger partial charge in [0.2, 0.25) is 0 Å². The molecule has 0 radical (unpaired) electrons. The van der Waals surface area contributed by atoms with Gasteiger partial charge in [-0.15, -0.1) is 0 Å². The SMILES string of the molecule is CNc1cc(NC2=CC=CN(N3CCOCC3)C2=C=O)nc2c(C(=O)N[C@@H]3C[C@@H]3F)cnn12. The predicted molar refractivity (Wildman–Crippen MR) is 118 cm³/mol. The summed E-state index contributed by atoms with van der Waals surface area (Å²) in [4.78, 5) is 29.0. The molecular weight excluding hydrogens is 431 g/mol. The first kappa shape index (κ1) is 21.1. The molecule has 3 N–H and O–H groups in total. The molecule has 2 atom stereocenters. The highest BCUT2D eigenvalue weighted by Crippen LogP contribution is 2.27. The quantitative estimate of drug-likeness (QED) is 0.543. The van der Waals surface area contributed by atoms with Crippen LogP contribution in [0.4, 0.5) is 16.0 Å². The fourth-order valence-electron chi connectivity index (χ4n) is 3.77. The third-order valence-electron chi connectivity index (χ3n) is 5.63. The average molecular weight is 454 g/mol. The van der Waals surface area contributed by atoms with Crippen LogP contribution in [0.5, 0.6) is 0 Å². The van der Waals surface area contributed by atoms with E-state index in [1.165, 1.54) is 10.7 Å². The Hall–Kier alpha value is -3.73. The number of nitrogens with zero attached hydrogens (tertiary/aromatic N) is 5. The number of alkyl halides is 1. The summed E-state index contributed by atoms with van der Waals surface area (Å²) in [6.45, 7) is 2.43. The Bertz CT molecular complexity index is 1200. The van der Waals surface area contributed by atoms with E-state index >= 15 is 0 Å². The van der Waals surface area contributed by atoms with Gasteiger partial charge in [0, 0.05) is 38.8 Å². The first-order valence-corrected chi connectivity index (χ1v) is 10.6. The van der Waals surface area contributed by atoms with Gasteiger partial charge in [0.15, 0.2) is 17.3 Å². The average Bonchev–Trinajstić information content (AvgIpc) is 3.36. The molecule has 12 heteroatoms. The summed E-state index contributed by atoms with van der Waals surface area (Å²) < 4.78 is 20.1. The molecule has 0 spiro atoms. The zero-order valence-corrected chi connectivity index (χ0v) is 17.9. The smallest absolute Gasteiger partial charge is 0.257 e. The molecule has 3 aliphatic rings. The molecule has 2 aromatic rings. The number of aromatic nitrogens is 3. The Balaban J connectivity index is 1.43. The van der Waals surface area contributed by atoms with Crippen LogP contribution in [-0.4, -0.2) is 82.0 Å². The first-order valence-electron chi connectivity index (χ1n) is 10.6. The number of carbonyl (C=O) groups excluding carboxylic acids is 2. The van der Waals surface area contributed by atoms with E-state index in [1.807, 2.05) is 17.0 Å². The lowest BCUT2D eigenvalue weighted by Gasteiger charge is -2.38. The van der Waals surface area contributed by atoms with Crippen LogP contribution >= 0.6 is 0 Å². The van der Waals surface area contributed by atoms with Gasteiger partial charge in [0.25, 0.3) is 5.91 Å². The van der Waals surface area contributed by atoms with Gasteiger partial charge in [0.05, 0.1) is 31.1 Å². The minimum atomic E-state index is -1.01. The van der Waals surface area contributed by atoms with Gasteiger partial charge in [-0.2, -0.15) is 9.61 Å². The van der Waals surface area contributed by atoms with Crippen molar-refractivity contribution in [2.75, 3.05) is 44.0 Å². The number of amides is 1. The van der Waals surface area contributed by atoms with Gasteiger partial charge in [-0.05, 0) is 12.2 Å². The number of nitrogens with one attached hydrogen (secondary N) is 3. The second-order valence-electron chi connectivity index (χ2n) is 7.81. The van der Waals surface area contributed by atoms with Crippen LogP contribution in [0.1, 0.15) is 16.8 Å². The molecule has 2 aliphatic heterocycles. The van der Waals surface area contributed by atoms with Crippen LogP contribution in [0.15, 0.2) is 42.0 Å². The zero-order valence-electron chi connectivity index (χ0n) is 17.9. The second-order valence-corrected chi connectivity index (χ2v) is 7.81. The lowest BCUT2D eigenvalue weighted by Crippen LogP contribution is -2.47. The first-order chi connectivity index (χ1) is 16.1. The second kappa shape index (κ2) is 8.66. The van der Waals surface area contributed by atoms with Gasteiger partial charge < -0.3 is 20.7 Å². The summed E-state index contributed by atoms with van der Waals surface area (Å²) in [5, 5.41) is 16.8. The van der Waals surface area contributed by atoms with Gasteiger partial charge in [-0.3, -0.25) is 9.80 Å². The van der Waals surface area contributed by atoms with E-state index in [4.69, 9.17) is 4.74 Å². The van der Waals surface area contributed by atoms with Crippen molar-refractivity contribution < 1.29 is 18.7 Å². The number of morpholine rings is 1. The number of rotatable bonds is 6. The number of anilines is 2. The van der Waals surface area contributed by atoms with Crippen molar-refractivity contribution in [3.05, 3.63) is 47.6 Å². The van der Waals surface area contributed by atoms with E-state index in [1.54, 1.807) is 30.4 Å². The van der Waals surface area contributed by atoms with Crippen molar-refractivity contribution in [2.24, 2.45) is 0 Å². The number of hydrazine groups is 1. The van der Waals surface area contributed by atoms with Crippen molar-refractivity contribution in [3.8, 4) is 0 Å². The molecule has 1 amide bonds. The fourth-order valence-corrected chi connectivity index (χ4v) is 3.77. The Kier molecular flexibility index (Phi) is 5.55. The van der Waals surface area contributed by atoms with E-state index in [-0.39, 0.29) is 5.56 Å². The number of hydrogen-bond acceptors (Lipinski definition) is 9. The third kappa shape index (κ3) is 4.07. The van der Waals surface area contributed by atoms with Crippen LogP contribution in [0.3, 0.4) is 0 Å². The third-order valence-corrected chi connectivity index (χ3v) is 5.63. The van der Waals surface area contributed by atoms with Crippen molar-refractivity contribution in [3.63, 3.8) is 0 Å². The molecule has 11 nitrogen and oxygen atoms in total. The molecule has 33 heavy (non-hydrogen) atoms. The van der Waals surface area contributed by atoms with Gasteiger partial charge >= 0.3 is 0 Å². The summed E-state index contributed by atoms with van der Waals surface area (Å²) in [6.07, 6.45) is 6.06. The van der Waals surface area contributed by atoms with E-state index in [9.17, 15) is 14.0 Å². The fraction of sp³-hybridized carbons (Fsp3) is 0.381. The molecule has 1 saturated heterocycles. The molecule has 4 heterocycles. The minimum absolute atomic E-state index is 0.230. The number of ether oxygens (including phenoxy) is 1. The standard InChI is InChI=1S/C21H23FN8O3/c1-23-19-10-18(27-20-13(11-24-30(19)20)21(32)26-16-9-14(16)22)25-15-3-2-4-29(17(15)12-31)28-5-7-33-8-6-28/h2-4,10-11,14,16,23H,5-9H2,1H3,(H,25,27)(H,26,32)/t14-,16+/m0/s1. The van der Waals surface area contributed by atoms with Crippen molar-refractivity contribution in [1.29, 1.82) is 0 Å². The van der Waals surface area contributed by atoms with Gasteiger partial charge in [0.1, 0.15) is 23.4 Å². The van der Waals surface area contributed by atoms with Crippen LogP contribution < -0.4 is 16.0 Å². The Morgan fingerprint density at radius 1 is 1.33 bits per heavy atom. The maximum atomic E-state index is 13.2. The molecule has 0 bridgehead atoms. The summed E-state index contributed by atoms with van der Waals surface area (Å²) in [5.41, 5.74) is 1.34. The molecule has 1 saturated carbocycles. The van der Waals surface area contributed by atoms with E-state index in [0.29, 0.717) is 61.4 Å². The minimum Gasteiger partial charge on any atom is -0.379 e. The lowest BCUT2D eigenvalue weighted by atomic mass is 10.2. The van der Waals surface area contributed by atoms with E-state index in [0.717, 1.165) is 0 Å². The lowest BCUT2D eigenvalue weighted by molar-refractivity contribution is -0.0442. The number of allylic oxidation sites excluding steroid dienone is 2. The van der Waals surface area contributed by atoms with Crippen LogP contribution in [0.2, 0.25) is 0 Å². The number of carbonyl (C=O) groups is 1. The molecule has 0 unspecified atom stereocenters. The molecule has 2 aromatic heterocycles. The number of halogens is 1. The summed E-state index contributed by atoms with van der Waals surface area (Å²) >= 11 is 0. The molecular formula is C21H23FN8O3. The normalized spacial score (nSPS) is 22.7. The Morgan fingerprint density at radius 3 is 2.82 bits per heavy atom.